The normalized spacial score (nSPS) is 27.2. The summed E-state index contributed by atoms with van der Waals surface area (Å²) in [7, 11) is 0. The number of rotatable bonds is 1. The molecule has 1 fully saturated rings. The number of amidine groups is 1. The van der Waals surface area contributed by atoms with Gasteiger partial charge in [0, 0.05) is 12.3 Å². The number of fused-ring (bicyclic) bond motifs is 3. The van der Waals surface area contributed by atoms with Crippen LogP contribution in [-0.4, -0.2) is 11.6 Å². The molecule has 2 heterocycles. The van der Waals surface area contributed by atoms with E-state index in [2.05, 4.69) is 34.3 Å². The van der Waals surface area contributed by atoms with Crippen molar-refractivity contribution in [2.24, 2.45) is 5.16 Å². The van der Waals surface area contributed by atoms with Crippen molar-refractivity contribution in [2.45, 2.75) is 37.3 Å². The Morgan fingerprint density at radius 2 is 1.83 bits per heavy atom. The molecule has 122 valence electrons. The molecule has 1 aliphatic carbocycles. The van der Waals surface area contributed by atoms with Gasteiger partial charge in [-0.2, -0.15) is 0 Å². The van der Waals surface area contributed by atoms with Gasteiger partial charge in [0.2, 0.25) is 5.72 Å². The molecule has 3 aliphatic rings. The van der Waals surface area contributed by atoms with E-state index in [9.17, 15) is 0 Å². The average Bonchev–Trinajstić information content (AvgIpc) is 3.08. The number of para-hydroxylation sites is 1. The molecule has 2 aliphatic heterocycles. The molecule has 1 spiro atoms. The van der Waals surface area contributed by atoms with Crippen molar-refractivity contribution < 1.29 is 4.84 Å². The Labute approximate surface area is 150 Å². The third-order valence-electron chi connectivity index (χ3n) is 5.44. The summed E-state index contributed by atoms with van der Waals surface area (Å²) in [5.41, 5.74) is 2.84. The van der Waals surface area contributed by atoms with Gasteiger partial charge in [-0.1, -0.05) is 59.0 Å². The molecule has 2 aromatic carbocycles. The van der Waals surface area contributed by atoms with Gasteiger partial charge in [0.1, 0.15) is 0 Å². The van der Waals surface area contributed by atoms with Gasteiger partial charge in [0.15, 0.2) is 5.84 Å². The van der Waals surface area contributed by atoms with Gasteiger partial charge < -0.3 is 4.84 Å². The van der Waals surface area contributed by atoms with E-state index in [1.807, 2.05) is 18.2 Å². The van der Waals surface area contributed by atoms with Crippen LogP contribution in [0.4, 0.5) is 5.69 Å². The van der Waals surface area contributed by atoms with Crippen molar-refractivity contribution in [3.8, 4) is 0 Å². The van der Waals surface area contributed by atoms with Crippen molar-refractivity contribution in [3.05, 3.63) is 63.6 Å². The molecule has 0 aromatic heterocycles. The van der Waals surface area contributed by atoms with Crippen molar-refractivity contribution in [1.29, 1.82) is 0 Å². The summed E-state index contributed by atoms with van der Waals surface area (Å²) >= 11 is 12.9. The molecule has 1 saturated carbocycles. The molecular weight excluding hydrogens is 343 g/mol. The highest BCUT2D eigenvalue weighted by Crippen LogP contribution is 2.58. The molecule has 24 heavy (non-hydrogen) atoms. The maximum atomic E-state index is 6.45. The first kappa shape index (κ1) is 14.6. The van der Waals surface area contributed by atoms with E-state index < -0.39 is 5.72 Å². The second-order valence-corrected chi connectivity index (χ2v) is 7.45. The van der Waals surface area contributed by atoms with E-state index >= 15 is 0 Å². The Morgan fingerprint density at radius 1 is 1.04 bits per heavy atom. The fraction of sp³-hybridized carbons (Fsp3) is 0.316. The van der Waals surface area contributed by atoms with E-state index in [0.29, 0.717) is 16.0 Å². The van der Waals surface area contributed by atoms with Gasteiger partial charge >= 0.3 is 0 Å². The number of oxime groups is 1. The van der Waals surface area contributed by atoms with Crippen molar-refractivity contribution in [2.75, 3.05) is 4.90 Å². The minimum Gasteiger partial charge on any atom is -0.364 e. The first-order chi connectivity index (χ1) is 11.7. The minimum absolute atomic E-state index is 0.338. The van der Waals surface area contributed by atoms with E-state index in [4.69, 9.17) is 28.0 Å². The van der Waals surface area contributed by atoms with Crippen LogP contribution in [0.15, 0.2) is 47.6 Å². The average molecular weight is 359 g/mol. The predicted molar refractivity (Wildman–Crippen MR) is 96.9 cm³/mol. The lowest BCUT2D eigenvalue weighted by atomic mass is 9.79. The maximum absolute atomic E-state index is 6.45. The Balaban J connectivity index is 1.72. The summed E-state index contributed by atoms with van der Waals surface area (Å²) in [6.45, 7) is 0. The van der Waals surface area contributed by atoms with Gasteiger partial charge in [-0.25, -0.2) is 0 Å². The lowest BCUT2D eigenvalue weighted by molar-refractivity contribution is -0.0529. The van der Waals surface area contributed by atoms with E-state index in [1.54, 1.807) is 0 Å². The standard InChI is InChI=1S/C19H16Cl2N2O/c20-14-8-5-9-15(21)17(14)18-22-24-19-11-4-3-7-13(19)12-6-1-2-10-16(12)23(18)19/h1-2,5-6,8-10,13H,3-4,7,11H2. The number of halogens is 2. The lowest BCUT2D eigenvalue weighted by Crippen LogP contribution is -2.50. The van der Waals surface area contributed by atoms with Crippen LogP contribution in [0.2, 0.25) is 10.0 Å². The fourth-order valence-corrected chi connectivity index (χ4v) is 5.02. The lowest BCUT2D eigenvalue weighted by Gasteiger charge is -2.38. The zero-order chi connectivity index (χ0) is 16.3. The zero-order valence-corrected chi connectivity index (χ0v) is 14.5. The Hall–Kier alpha value is -1.71. The van der Waals surface area contributed by atoms with Gasteiger partial charge in [0.25, 0.3) is 0 Å². The highest BCUT2D eigenvalue weighted by molar-refractivity contribution is 6.41. The number of anilines is 1. The summed E-state index contributed by atoms with van der Waals surface area (Å²) in [5.74, 6) is 1.06. The van der Waals surface area contributed by atoms with Crippen LogP contribution in [-0.2, 0) is 4.84 Å². The summed E-state index contributed by atoms with van der Waals surface area (Å²) in [6, 6.07) is 14.1. The molecule has 5 rings (SSSR count). The van der Waals surface area contributed by atoms with E-state index in [-0.39, 0.29) is 0 Å². The molecule has 0 amide bonds. The molecule has 2 unspecified atom stereocenters. The van der Waals surface area contributed by atoms with Gasteiger partial charge in [-0.3, -0.25) is 4.90 Å². The largest absolute Gasteiger partial charge is 0.364 e. The topological polar surface area (TPSA) is 24.8 Å². The number of hydrogen-bond acceptors (Lipinski definition) is 3. The molecule has 0 N–H and O–H groups in total. The molecular formula is C19H16Cl2N2O. The summed E-state index contributed by atoms with van der Waals surface area (Å²) in [5, 5.41) is 5.65. The van der Waals surface area contributed by atoms with Crippen LogP contribution in [0, 0.1) is 0 Å². The first-order valence-electron chi connectivity index (χ1n) is 8.32. The Bertz CT molecular complexity index is 846. The van der Waals surface area contributed by atoms with Gasteiger partial charge in [-0.15, -0.1) is 0 Å². The van der Waals surface area contributed by atoms with Crippen LogP contribution in [0.25, 0.3) is 0 Å². The Morgan fingerprint density at radius 3 is 2.67 bits per heavy atom. The highest BCUT2D eigenvalue weighted by Gasteiger charge is 2.60. The Kier molecular flexibility index (Phi) is 3.13. The van der Waals surface area contributed by atoms with Gasteiger partial charge in [-0.05, 0) is 36.6 Å². The molecule has 0 saturated heterocycles. The third kappa shape index (κ3) is 1.77. The molecule has 0 bridgehead atoms. The van der Waals surface area contributed by atoms with Crippen LogP contribution in [0.5, 0.6) is 0 Å². The first-order valence-corrected chi connectivity index (χ1v) is 9.08. The maximum Gasteiger partial charge on any atom is 0.222 e. The highest BCUT2D eigenvalue weighted by atomic mass is 35.5. The molecule has 2 atom stereocenters. The number of benzene rings is 2. The van der Waals surface area contributed by atoms with Crippen molar-refractivity contribution in [3.63, 3.8) is 0 Å². The molecule has 2 aromatic rings. The summed E-state index contributed by atoms with van der Waals surface area (Å²) < 4.78 is 0. The monoisotopic (exact) mass is 358 g/mol. The second-order valence-electron chi connectivity index (χ2n) is 6.64. The van der Waals surface area contributed by atoms with Crippen LogP contribution in [0.1, 0.15) is 42.7 Å². The number of nitrogens with zero attached hydrogens (tertiary/aromatic N) is 2. The van der Waals surface area contributed by atoms with Crippen LogP contribution < -0.4 is 4.90 Å². The van der Waals surface area contributed by atoms with Crippen LogP contribution >= 0.6 is 23.2 Å². The quantitative estimate of drug-likeness (QED) is 0.666. The minimum atomic E-state index is -0.417. The molecule has 3 nitrogen and oxygen atoms in total. The van der Waals surface area contributed by atoms with E-state index in [0.717, 1.165) is 36.3 Å². The smallest absolute Gasteiger partial charge is 0.222 e. The van der Waals surface area contributed by atoms with Crippen molar-refractivity contribution in [1.82, 2.24) is 0 Å². The molecule has 5 heteroatoms. The van der Waals surface area contributed by atoms with Crippen molar-refractivity contribution >= 4 is 34.7 Å². The summed E-state index contributed by atoms with van der Waals surface area (Å²) in [6.07, 6.45) is 4.44. The zero-order valence-electron chi connectivity index (χ0n) is 13.0. The third-order valence-corrected chi connectivity index (χ3v) is 6.07. The van der Waals surface area contributed by atoms with Crippen LogP contribution in [0.3, 0.4) is 0 Å². The molecule has 0 radical (unpaired) electrons. The van der Waals surface area contributed by atoms with E-state index in [1.165, 1.54) is 12.0 Å². The second kappa shape index (κ2) is 5.14. The number of hydrogen-bond donors (Lipinski definition) is 0. The summed E-state index contributed by atoms with van der Waals surface area (Å²) in [4.78, 5) is 8.36. The SMILES string of the molecule is Clc1cccc(Cl)c1C1=NOC23CCCCC2c2ccccc2N13. The fourth-order valence-electron chi connectivity index (χ4n) is 4.46. The predicted octanol–water partition coefficient (Wildman–Crippen LogP) is 5.56. The van der Waals surface area contributed by atoms with Gasteiger partial charge in [0.05, 0.1) is 21.3 Å².